The van der Waals surface area contributed by atoms with Gasteiger partial charge in [0.1, 0.15) is 5.75 Å². The van der Waals surface area contributed by atoms with E-state index >= 15 is 0 Å². The zero-order chi connectivity index (χ0) is 14.7. The summed E-state index contributed by atoms with van der Waals surface area (Å²) in [5.41, 5.74) is 0.882. The second-order valence-corrected chi connectivity index (χ2v) is 6.73. The third-order valence-corrected chi connectivity index (χ3v) is 5.39. The van der Waals surface area contributed by atoms with Crippen molar-refractivity contribution in [2.24, 2.45) is 0 Å². The fourth-order valence-electron chi connectivity index (χ4n) is 3.08. The molecule has 0 bridgehead atoms. The van der Waals surface area contributed by atoms with Crippen LogP contribution < -0.4 is 15.0 Å². The first-order valence-corrected chi connectivity index (χ1v) is 8.73. The van der Waals surface area contributed by atoms with E-state index in [2.05, 4.69) is 5.32 Å². The molecular formula is C16H22N2O2S. The molecule has 4 nitrogen and oxygen atoms in total. The first-order chi connectivity index (χ1) is 10.3. The first-order valence-electron chi connectivity index (χ1n) is 7.58. The lowest BCUT2D eigenvalue weighted by molar-refractivity contribution is -0.119. The Morgan fingerprint density at radius 1 is 1.33 bits per heavy atom. The van der Waals surface area contributed by atoms with Gasteiger partial charge in [-0.25, -0.2) is 0 Å². The van der Waals surface area contributed by atoms with Crippen molar-refractivity contribution in [3.63, 3.8) is 0 Å². The van der Waals surface area contributed by atoms with Gasteiger partial charge in [0.05, 0.1) is 18.8 Å². The van der Waals surface area contributed by atoms with Crippen LogP contribution >= 0.6 is 11.8 Å². The third kappa shape index (κ3) is 3.19. The minimum absolute atomic E-state index is 0.0430. The van der Waals surface area contributed by atoms with E-state index in [4.69, 9.17) is 4.74 Å². The van der Waals surface area contributed by atoms with E-state index in [1.165, 1.54) is 18.6 Å². The topological polar surface area (TPSA) is 41.6 Å². The molecule has 2 fully saturated rings. The number of hydrogen-bond acceptors (Lipinski definition) is 4. The van der Waals surface area contributed by atoms with E-state index in [0.29, 0.717) is 6.04 Å². The Morgan fingerprint density at radius 2 is 2.19 bits per heavy atom. The number of methoxy groups -OCH3 is 1. The second-order valence-electron chi connectivity index (χ2n) is 5.58. The smallest absolute Gasteiger partial charge is 0.244 e. The van der Waals surface area contributed by atoms with Gasteiger partial charge in [-0.15, -0.1) is 0 Å². The maximum Gasteiger partial charge on any atom is 0.244 e. The lowest BCUT2D eigenvalue weighted by Gasteiger charge is -2.26. The number of carbonyl (C=O) groups is 1. The van der Waals surface area contributed by atoms with E-state index in [0.717, 1.165) is 30.2 Å². The summed E-state index contributed by atoms with van der Waals surface area (Å²) in [5, 5.41) is 3.55. The highest BCUT2D eigenvalue weighted by Crippen LogP contribution is 2.31. The zero-order valence-electron chi connectivity index (χ0n) is 12.4. The quantitative estimate of drug-likeness (QED) is 0.927. The molecule has 0 spiro atoms. The molecule has 0 radical (unpaired) electrons. The van der Waals surface area contributed by atoms with Crippen molar-refractivity contribution >= 4 is 23.4 Å². The maximum absolute atomic E-state index is 12.6. The molecule has 21 heavy (non-hydrogen) atoms. The largest absolute Gasteiger partial charge is 0.495 e. The van der Waals surface area contributed by atoms with Gasteiger partial charge in [-0.2, -0.15) is 11.8 Å². The van der Waals surface area contributed by atoms with Crippen LogP contribution in [0.3, 0.4) is 0 Å². The maximum atomic E-state index is 12.6. The SMILES string of the molecule is COc1ccccc1N1CC[C@@H](N[C@@H]2CCCSC2)C1=O. The van der Waals surface area contributed by atoms with Crippen LogP contribution in [0.25, 0.3) is 0 Å². The fourth-order valence-corrected chi connectivity index (χ4v) is 4.17. The zero-order valence-corrected chi connectivity index (χ0v) is 13.2. The number of nitrogens with one attached hydrogen (secondary N) is 1. The molecule has 2 aliphatic heterocycles. The van der Waals surface area contributed by atoms with E-state index in [-0.39, 0.29) is 11.9 Å². The molecule has 2 aliphatic rings. The summed E-state index contributed by atoms with van der Waals surface area (Å²) in [4.78, 5) is 14.5. The number of ether oxygens (including phenoxy) is 1. The number of hydrogen-bond donors (Lipinski definition) is 1. The van der Waals surface area contributed by atoms with Crippen LogP contribution in [0.2, 0.25) is 0 Å². The van der Waals surface area contributed by atoms with Crippen molar-refractivity contribution in [3.8, 4) is 5.75 Å². The standard InChI is InChI=1S/C16H22N2O2S/c1-20-15-7-3-2-6-14(15)18-9-8-13(16(18)19)17-12-5-4-10-21-11-12/h2-3,6-7,12-13,17H,4-5,8-11H2,1H3/t12-,13-/m1/s1. The van der Waals surface area contributed by atoms with Crippen LogP contribution in [0.5, 0.6) is 5.75 Å². The Kier molecular flexibility index (Phi) is 4.70. The first kappa shape index (κ1) is 14.7. The van der Waals surface area contributed by atoms with Crippen molar-refractivity contribution in [3.05, 3.63) is 24.3 Å². The molecule has 5 heteroatoms. The summed E-state index contributed by atoms with van der Waals surface area (Å²) >= 11 is 1.98. The predicted octanol–water partition coefficient (Wildman–Crippen LogP) is 2.29. The van der Waals surface area contributed by atoms with Gasteiger partial charge in [0.2, 0.25) is 5.91 Å². The molecule has 1 aromatic carbocycles. The van der Waals surface area contributed by atoms with Crippen LogP contribution in [-0.4, -0.2) is 43.2 Å². The highest BCUT2D eigenvalue weighted by molar-refractivity contribution is 7.99. The normalized spacial score (nSPS) is 26.1. The van der Waals surface area contributed by atoms with Crippen LogP contribution in [0, 0.1) is 0 Å². The summed E-state index contributed by atoms with van der Waals surface area (Å²) < 4.78 is 5.37. The molecule has 3 rings (SSSR count). The van der Waals surface area contributed by atoms with E-state index in [1.54, 1.807) is 7.11 Å². The van der Waals surface area contributed by atoms with Crippen molar-refractivity contribution in [1.29, 1.82) is 0 Å². The van der Waals surface area contributed by atoms with E-state index in [1.807, 2.05) is 40.9 Å². The van der Waals surface area contributed by atoms with Gasteiger partial charge >= 0.3 is 0 Å². The molecule has 0 aliphatic carbocycles. The molecular weight excluding hydrogens is 284 g/mol. The van der Waals surface area contributed by atoms with Gasteiger partial charge in [-0.05, 0) is 37.1 Å². The number of benzene rings is 1. The van der Waals surface area contributed by atoms with Crippen LogP contribution in [0.1, 0.15) is 19.3 Å². The Labute approximate surface area is 130 Å². The molecule has 2 heterocycles. The summed E-state index contributed by atoms with van der Waals surface area (Å²) in [5.74, 6) is 3.32. The molecule has 0 unspecified atom stereocenters. The van der Waals surface area contributed by atoms with Gasteiger partial charge in [-0.1, -0.05) is 12.1 Å². The average molecular weight is 306 g/mol. The van der Waals surface area contributed by atoms with Crippen LogP contribution in [-0.2, 0) is 4.79 Å². The summed E-state index contributed by atoms with van der Waals surface area (Å²) in [6.07, 6.45) is 3.31. The number of thioether (sulfide) groups is 1. The number of para-hydroxylation sites is 2. The molecule has 0 saturated carbocycles. The number of carbonyl (C=O) groups excluding carboxylic acids is 1. The Hall–Kier alpha value is -1.20. The number of amides is 1. The van der Waals surface area contributed by atoms with Gasteiger partial charge in [0.15, 0.2) is 0 Å². The summed E-state index contributed by atoms with van der Waals surface area (Å²) in [7, 11) is 1.65. The number of rotatable bonds is 4. The van der Waals surface area contributed by atoms with Crippen molar-refractivity contribution < 1.29 is 9.53 Å². The molecule has 0 aromatic heterocycles. The van der Waals surface area contributed by atoms with Crippen molar-refractivity contribution in [2.75, 3.05) is 30.1 Å². The lowest BCUT2D eigenvalue weighted by Crippen LogP contribution is -2.45. The molecule has 1 aromatic rings. The van der Waals surface area contributed by atoms with Crippen molar-refractivity contribution in [1.82, 2.24) is 5.32 Å². The Balaban J connectivity index is 1.68. The monoisotopic (exact) mass is 306 g/mol. The van der Waals surface area contributed by atoms with Gasteiger partial charge in [0.25, 0.3) is 0 Å². The van der Waals surface area contributed by atoms with Crippen LogP contribution in [0.4, 0.5) is 5.69 Å². The second kappa shape index (κ2) is 6.71. The molecule has 2 saturated heterocycles. The minimum atomic E-state index is -0.0430. The highest BCUT2D eigenvalue weighted by atomic mass is 32.2. The predicted molar refractivity (Wildman–Crippen MR) is 87.2 cm³/mol. The summed E-state index contributed by atoms with van der Waals surface area (Å²) in [6.45, 7) is 0.761. The van der Waals surface area contributed by atoms with Gasteiger partial charge < -0.3 is 15.0 Å². The molecule has 114 valence electrons. The molecule has 1 amide bonds. The third-order valence-electron chi connectivity index (χ3n) is 4.18. The van der Waals surface area contributed by atoms with Crippen molar-refractivity contribution in [2.45, 2.75) is 31.3 Å². The number of anilines is 1. The van der Waals surface area contributed by atoms with Crippen LogP contribution in [0.15, 0.2) is 24.3 Å². The van der Waals surface area contributed by atoms with E-state index < -0.39 is 0 Å². The summed E-state index contributed by atoms with van der Waals surface area (Å²) in [6, 6.07) is 8.17. The van der Waals surface area contributed by atoms with E-state index in [9.17, 15) is 4.79 Å². The average Bonchev–Trinajstić information content (AvgIpc) is 2.89. The fraction of sp³-hybridized carbons (Fsp3) is 0.562. The Bertz CT molecular complexity index is 503. The lowest BCUT2D eigenvalue weighted by atomic mass is 10.1. The van der Waals surface area contributed by atoms with Gasteiger partial charge in [0, 0.05) is 18.3 Å². The molecule has 1 N–H and O–H groups in total. The van der Waals surface area contributed by atoms with Gasteiger partial charge in [-0.3, -0.25) is 4.79 Å². The number of nitrogens with zero attached hydrogens (tertiary/aromatic N) is 1. The Morgan fingerprint density at radius 3 is 2.95 bits per heavy atom. The highest BCUT2D eigenvalue weighted by Gasteiger charge is 2.35. The molecule has 2 atom stereocenters. The minimum Gasteiger partial charge on any atom is -0.495 e.